The number of hydrogen-bond acceptors (Lipinski definition) is 6. The van der Waals surface area contributed by atoms with Crippen LogP contribution in [-0.2, 0) is 10.1 Å². The van der Waals surface area contributed by atoms with E-state index < -0.39 is 32.6 Å². The lowest BCUT2D eigenvalue weighted by atomic mass is 10.1. The average Bonchev–Trinajstić information content (AvgIpc) is 2.53. The van der Waals surface area contributed by atoms with Crippen molar-refractivity contribution >= 4 is 21.1 Å². The maximum absolute atomic E-state index is 12.4. The van der Waals surface area contributed by atoms with Crippen LogP contribution in [0, 0.1) is 0 Å². The maximum Gasteiger partial charge on any atom is 0.534 e. The molecule has 136 valence electrons. The summed E-state index contributed by atoms with van der Waals surface area (Å²) >= 11 is 0. The zero-order chi connectivity index (χ0) is 19.1. The van der Waals surface area contributed by atoms with Gasteiger partial charge in [0.05, 0.1) is 0 Å². The quantitative estimate of drug-likeness (QED) is 0.548. The summed E-state index contributed by atoms with van der Waals surface area (Å²) in [7, 11) is -5.94. The van der Waals surface area contributed by atoms with Crippen molar-refractivity contribution < 1.29 is 35.3 Å². The Morgan fingerprint density at radius 2 is 1.69 bits per heavy atom. The summed E-state index contributed by atoms with van der Waals surface area (Å²) in [5.41, 5.74) is -6.14. The van der Waals surface area contributed by atoms with E-state index in [0.717, 1.165) is 12.1 Å². The van der Waals surface area contributed by atoms with E-state index >= 15 is 0 Å². The molecule has 0 aliphatic heterocycles. The molecule has 0 amide bonds. The van der Waals surface area contributed by atoms with Crippen molar-refractivity contribution in [1.82, 2.24) is 0 Å². The number of alkyl halides is 3. The molecule has 3 rings (SSSR count). The molecule has 0 bridgehead atoms. The van der Waals surface area contributed by atoms with Crippen LogP contribution >= 0.6 is 0 Å². The SMILES string of the molecule is O=c1cc(-c2ccccc2)oc2cc(OS(=O)(=O)C(F)(F)F)cc(O)c12. The normalized spacial score (nSPS) is 12.3. The number of phenolic OH excluding ortho intramolecular Hbond substituents is 1. The summed E-state index contributed by atoms with van der Waals surface area (Å²) in [6.45, 7) is 0. The highest BCUT2D eigenvalue weighted by atomic mass is 32.2. The summed E-state index contributed by atoms with van der Waals surface area (Å²) < 4.78 is 68.9. The Labute approximate surface area is 144 Å². The Morgan fingerprint density at radius 3 is 2.31 bits per heavy atom. The predicted octanol–water partition coefficient (Wildman–Crippen LogP) is 3.39. The first-order valence-corrected chi connectivity index (χ1v) is 8.36. The average molecular weight is 386 g/mol. The van der Waals surface area contributed by atoms with Gasteiger partial charge in [-0.25, -0.2) is 0 Å². The molecule has 0 fully saturated rings. The molecule has 1 N–H and O–H groups in total. The van der Waals surface area contributed by atoms with Gasteiger partial charge in [0.15, 0.2) is 5.43 Å². The second kappa shape index (κ2) is 6.06. The van der Waals surface area contributed by atoms with Crippen LogP contribution in [-0.4, -0.2) is 19.0 Å². The molecule has 0 aliphatic rings. The lowest BCUT2D eigenvalue weighted by Gasteiger charge is -2.11. The molecule has 1 aromatic heterocycles. The summed E-state index contributed by atoms with van der Waals surface area (Å²) in [5, 5.41) is 9.56. The van der Waals surface area contributed by atoms with Crippen molar-refractivity contribution in [1.29, 1.82) is 0 Å². The predicted molar refractivity (Wildman–Crippen MR) is 85.2 cm³/mol. The Morgan fingerprint density at radius 1 is 1.04 bits per heavy atom. The molecule has 0 aliphatic carbocycles. The van der Waals surface area contributed by atoms with E-state index in [0.29, 0.717) is 11.6 Å². The first-order valence-electron chi connectivity index (χ1n) is 6.95. The molecule has 0 saturated carbocycles. The van der Waals surface area contributed by atoms with Gasteiger partial charge in [0.2, 0.25) is 0 Å². The van der Waals surface area contributed by atoms with Crippen LogP contribution in [0.2, 0.25) is 0 Å². The zero-order valence-electron chi connectivity index (χ0n) is 12.6. The van der Waals surface area contributed by atoms with Gasteiger partial charge in [0.25, 0.3) is 0 Å². The van der Waals surface area contributed by atoms with Gasteiger partial charge in [-0.3, -0.25) is 4.79 Å². The molecule has 26 heavy (non-hydrogen) atoms. The Balaban J connectivity index is 2.17. The number of hydrogen-bond donors (Lipinski definition) is 1. The third-order valence-electron chi connectivity index (χ3n) is 3.33. The fourth-order valence-electron chi connectivity index (χ4n) is 2.21. The van der Waals surface area contributed by atoms with E-state index in [4.69, 9.17) is 4.42 Å². The van der Waals surface area contributed by atoms with Crippen LogP contribution in [0.1, 0.15) is 0 Å². The van der Waals surface area contributed by atoms with Crippen LogP contribution < -0.4 is 9.61 Å². The smallest absolute Gasteiger partial charge is 0.507 e. The van der Waals surface area contributed by atoms with Gasteiger partial charge < -0.3 is 13.7 Å². The highest BCUT2D eigenvalue weighted by molar-refractivity contribution is 7.88. The monoisotopic (exact) mass is 386 g/mol. The zero-order valence-corrected chi connectivity index (χ0v) is 13.5. The second-order valence-corrected chi connectivity index (χ2v) is 6.68. The number of benzene rings is 2. The van der Waals surface area contributed by atoms with E-state index in [1.165, 1.54) is 0 Å². The van der Waals surface area contributed by atoms with Crippen molar-refractivity contribution in [2.75, 3.05) is 0 Å². The van der Waals surface area contributed by atoms with Gasteiger partial charge in [-0.05, 0) is 0 Å². The molecular formula is C16H9F3O6S. The standard InChI is InChI=1S/C16H9F3O6S/c17-16(18,19)26(22,23)25-10-6-11(20)15-12(21)8-13(24-14(15)7-10)9-4-2-1-3-5-9/h1-8,20H. The lowest BCUT2D eigenvalue weighted by Crippen LogP contribution is -2.28. The second-order valence-electron chi connectivity index (χ2n) is 5.14. The van der Waals surface area contributed by atoms with Crippen molar-refractivity contribution in [3.63, 3.8) is 0 Å². The van der Waals surface area contributed by atoms with Crippen molar-refractivity contribution in [2.45, 2.75) is 5.51 Å². The number of aromatic hydroxyl groups is 1. The van der Waals surface area contributed by atoms with E-state index in [9.17, 15) is 31.5 Å². The van der Waals surface area contributed by atoms with E-state index in [1.54, 1.807) is 30.3 Å². The fourth-order valence-corrected chi connectivity index (χ4v) is 2.65. The molecule has 0 saturated heterocycles. The number of fused-ring (bicyclic) bond motifs is 1. The Hall–Kier alpha value is -3.01. The minimum Gasteiger partial charge on any atom is -0.507 e. The third-order valence-corrected chi connectivity index (χ3v) is 4.31. The maximum atomic E-state index is 12.4. The highest BCUT2D eigenvalue weighted by Crippen LogP contribution is 2.33. The van der Waals surface area contributed by atoms with Gasteiger partial charge in [0, 0.05) is 23.8 Å². The highest BCUT2D eigenvalue weighted by Gasteiger charge is 2.48. The molecule has 3 aromatic rings. The van der Waals surface area contributed by atoms with E-state index in [-0.39, 0.29) is 16.7 Å². The largest absolute Gasteiger partial charge is 0.534 e. The summed E-state index contributed by atoms with van der Waals surface area (Å²) in [6, 6.07) is 10.8. The summed E-state index contributed by atoms with van der Waals surface area (Å²) in [4.78, 5) is 12.2. The first kappa shape index (κ1) is 17.8. The lowest BCUT2D eigenvalue weighted by molar-refractivity contribution is -0.0500. The molecule has 0 radical (unpaired) electrons. The number of halogens is 3. The summed E-state index contributed by atoms with van der Waals surface area (Å²) in [6.07, 6.45) is 0. The van der Waals surface area contributed by atoms with Crippen LogP contribution in [0.5, 0.6) is 11.5 Å². The van der Waals surface area contributed by atoms with Crippen LogP contribution in [0.4, 0.5) is 13.2 Å². The first-order chi connectivity index (χ1) is 12.1. The van der Waals surface area contributed by atoms with Crippen LogP contribution in [0.3, 0.4) is 0 Å². The topological polar surface area (TPSA) is 93.8 Å². The van der Waals surface area contributed by atoms with Gasteiger partial charge in [-0.15, -0.1) is 0 Å². The molecule has 0 unspecified atom stereocenters. The molecular weight excluding hydrogens is 377 g/mol. The van der Waals surface area contributed by atoms with Crippen molar-refractivity contribution in [3.05, 3.63) is 58.8 Å². The van der Waals surface area contributed by atoms with Gasteiger partial charge >= 0.3 is 15.6 Å². The number of rotatable bonds is 3. The third kappa shape index (κ3) is 3.23. The molecule has 10 heteroatoms. The van der Waals surface area contributed by atoms with Crippen LogP contribution in [0.25, 0.3) is 22.3 Å². The van der Waals surface area contributed by atoms with Gasteiger partial charge in [0.1, 0.15) is 28.2 Å². The van der Waals surface area contributed by atoms with Gasteiger partial charge in [-0.1, -0.05) is 30.3 Å². The minimum absolute atomic E-state index is 0.0818. The Bertz CT molecular complexity index is 1130. The molecule has 6 nitrogen and oxygen atoms in total. The van der Waals surface area contributed by atoms with Crippen molar-refractivity contribution in [2.24, 2.45) is 0 Å². The van der Waals surface area contributed by atoms with Crippen LogP contribution in [0.15, 0.2) is 57.7 Å². The summed E-state index contributed by atoms with van der Waals surface area (Å²) in [5.74, 6) is -1.54. The number of phenols is 1. The van der Waals surface area contributed by atoms with Gasteiger partial charge in [-0.2, -0.15) is 21.6 Å². The van der Waals surface area contributed by atoms with Crippen molar-refractivity contribution in [3.8, 4) is 22.8 Å². The minimum atomic E-state index is -5.94. The Kier molecular flexibility index (Phi) is 4.15. The molecule has 0 atom stereocenters. The van der Waals surface area contributed by atoms with E-state index in [2.05, 4.69) is 4.18 Å². The molecule has 1 heterocycles. The molecule has 2 aromatic carbocycles. The van der Waals surface area contributed by atoms with E-state index in [1.807, 2.05) is 0 Å². The fraction of sp³-hybridized carbons (Fsp3) is 0.0625. The molecule has 0 spiro atoms.